The van der Waals surface area contributed by atoms with Gasteiger partial charge in [0.2, 0.25) is 0 Å². The van der Waals surface area contributed by atoms with Crippen LogP contribution in [0.5, 0.6) is 0 Å². The number of esters is 1. The van der Waals surface area contributed by atoms with Gasteiger partial charge < -0.3 is 64.2 Å². The van der Waals surface area contributed by atoms with Gasteiger partial charge >= 0.3 is 5.97 Å². The molecule has 2 saturated heterocycles. The highest BCUT2D eigenvalue weighted by atomic mass is 16.7. The number of aliphatic hydroxyl groups is 7. The molecular weight excluding hydrogens is 981 g/mol. The van der Waals surface area contributed by atoms with Crippen molar-refractivity contribution in [2.45, 2.75) is 223 Å². The van der Waals surface area contributed by atoms with E-state index in [1.54, 1.807) is 0 Å². The lowest BCUT2D eigenvalue weighted by Crippen LogP contribution is -2.61. The van der Waals surface area contributed by atoms with Crippen molar-refractivity contribution in [3.63, 3.8) is 0 Å². The Bertz CT molecular complexity index is 1780. The predicted octanol–water partition coefficient (Wildman–Crippen LogP) is 10.3. The van der Waals surface area contributed by atoms with Gasteiger partial charge in [0.1, 0.15) is 54.9 Å². The smallest absolute Gasteiger partial charge is 0.306 e. The molecule has 11 unspecified atom stereocenters. The summed E-state index contributed by atoms with van der Waals surface area (Å²) in [5.74, 6) is -0.415. The molecule has 77 heavy (non-hydrogen) atoms. The molecule has 2 aliphatic rings. The van der Waals surface area contributed by atoms with E-state index in [1.807, 2.05) is 0 Å². The van der Waals surface area contributed by atoms with Crippen LogP contribution in [0.2, 0.25) is 0 Å². The van der Waals surface area contributed by atoms with Crippen LogP contribution in [0.25, 0.3) is 0 Å². The first-order chi connectivity index (χ1) is 37.6. The lowest BCUT2D eigenvalue weighted by molar-refractivity contribution is -0.332. The summed E-state index contributed by atoms with van der Waals surface area (Å²) in [6, 6.07) is 0. The van der Waals surface area contributed by atoms with Gasteiger partial charge in [-0.3, -0.25) is 4.79 Å². The maximum atomic E-state index is 13.1. The van der Waals surface area contributed by atoms with Gasteiger partial charge in [-0.15, -0.1) is 0 Å². The molecule has 14 nitrogen and oxygen atoms in total. The summed E-state index contributed by atoms with van der Waals surface area (Å²) in [4.78, 5) is 13.1. The zero-order chi connectivity index (χ0) is 55.8. The molecule has 0 spiro atoms. The normalized spacial score (nSPS) is 25.3. The largest absolute Gasteiger partial charge is 0.457 e. The summed E-state index contributed by atoms with van der Waals surface area (Å²) in [5.41, 5.74) is 0. The van der Waals surface area contributed by atoms with E-state index in [1.165, 1.54) is 0 Å². The Hall–Kier alpha value is -3.87. The summed E-state index contributed by atoms with van der Waals surface area (Å²) >= 11 is 0. The van der Waals surface area contributed by atoms with E-state index >= 15 is 0 Å². The van der Waals surface area contributed by atoms with E-state index in [2.05, 4.69) is 148 Å². The van der Waals surface area contributed by atoms with E-state index in [-0.39, 0.29) is 19.6 Å². The average Bonchev–Trinajstić information content (AvgIpc) is 3.43. The average molecular weight is 1080 g/mol. The second kappa shape index (κ2) is 48.1. The lowest BCUT2D eigenvalue weighted by atomic mass is 9.98. The van der Waals surface area contributed by atoms with Crippen LogP contribution in [0, 0.1) is 0 Å². The van der Waals surface area contributed by atoms with Gasteiger partial charge in [-0.25, -0.2) is 0 Å². The van der Waals surface area contributed by atoms with Crippen LogP contribution in [0.1, 0.15) is 155 Å². The standard InChI is InChI=1S/C63H100O14/c1-3-5-7-9-11-13-15-17-19-21-22-23-24-25-26-27-28-29-31-33-35-37-39-41-43-45-47-72-49-52(75-55(65)46-44-42-40-38-36-34-32-30-20-18-16-14-12-10-8-6-4-2)50-73-62-61(71)59(69)57(67)54(77-62)51-74-63-60(70)58(68)56(66)53(48-64)76-63/h5-8,11-14,17-20,22-23,25-26,28-29,32-35,52-54,56-64,66-71H,3-4,9-10,15-16,21,24,27,30-31,36-51H2,1-2H3/b7-5-,8-6-,13-11-,14-12-,19-17-,20-18-,23-22-,26-25-,29-28-,34-32-,35-33-. The van der Waals surface area contributed by atoms with E-state index < -0.39 is 86.7 Å². The third-order valence-electron chi connectivity index (χ3n) is 12.7. The predicted molar refractivity (Wildman–Crippen MR) is 307 cm³/mol. The molecule has 2 fully saturated rings. The van der Waals surface area contributed by atoms with Crippen molar-refractivity contribution < 1.29 is 69.0 Å². The summed E-state index contributed by atoms with van der Waals surface area (Å²) < 4.78 is 34.3. The third kappa shape index (κ3) is 34.7. The SMILES string of the molecule is CC/C=C\C/C=C\C/C=C\C/C=C\C/C=C\C/C=C\C/C=C\CCCCCCOCC(COC1OC(COC2OC(CO)C(O)C(O)C2O)C(O)C(O)C1O)OC(=O)CCCCCC/C=C\C/C=C\C/C=C\C/C=C\CC. The Morgan fingerprint density at radius 1 is 0.429 bits per heavy atom. The summed E-state index contributed by atoms with van der Waals surface area (Å²) in [5, 5.41) is 72.3. The van der Waals surface area contributed by atoms with Crippen LogP contribution in [-0.2, 0) is 33.2 Å². The number of allylic oxidation sites excluding steroid dienone is 22. The minimum Gasteiger partial charge on any atom is -0.457 e. The molecule has 2 heterocycles. The van der Waals surface area contributed by atoms with Crippen molar-refractivity contribution in [3.05, 3.63) is 134 Å². The molecule has 0 aliphatic carbocycles. The molecule has 0 bridgehead atoms. The van der Waals surface area contributed by atoms with Gasteiger partial charge in [0.05, 0.1) is 26.4 Å². The van der Waals surface area contributed by atoms with Gasteiger partial charge in [-0.2, -0.15) is 0 Å². The zero-order valence-electron chi connectivity index (χ0n) is 46.6. The molecule has 7 N–H and O–H groups in total. The number of carbonyl (C=O) groups excluding carboxylic acids is 1. The first-order valence-corrected chi connectivity index (χ1v) is 28.8. The Kier molecular flexibility index (Phi) is 43.2. The zero-order valence-corrected chi connectivity index (χ0v) is 46.6. The van der Waals surface area contributed by atoms with Crippen LogP contribution in [0.3, 0.4) is 0 Å². The maximum Gasteiger partial charge on any atom is 0.306 e. The molecule has 2 rings (SSSR count). The van der Waals surface area contributed by atoms with Gasteiger partial charge in [0.25, 0.3) is 0 Å². The summed E-state index contributed by atoms with van der Waals surface area (Å²) in [6.45, 7) is 3.33. The van der Waals surface area contributed by atoms with E-state index in [0.717, 1.165) is 128 Å². The molecule has 2 aliphatic heterocycles. The van der Waals surface area contributed by atoms with Crippen LogP contribution < -0.4 is 0 Å². The summed E-state index contributed by atoms with van der Waals surface area (Å²) in [6.07, 6.45) is 52.2. The lowest BCUT2D eigenvalue weighted by Gasteiger charge is -2.42. The van der Waals surface area contributed by atoms with Gasteiger partial charge in [-0.1, -0.05) is 173 Å². The first kappa shape index (κ1) is 69.2. The highest BCUT2D eigenvalue weighted by molar-refractivity contribution is 5.69. The molecule has 0 aromatic rings. The van der Waals surface area contributed by atoms with E-state index in [0.29, 0.717) is 13.0 Å². The number of ether oxygens (including phenoxy) is 6. The number of carbonyl (C=O) groups is 1. The van der Waals surface area contributed by atoms with Crippen molar-refractivity contribution >= 4 is 5.97 Å². The van der Waals surface area contributed by atoms with Crippen LogP contribution in [0.4, 0.5) is 0 Å². The van der Waals surface area contributed by atoms with Crippen LogP contribution >= 0.6 is 0 Å². The van der Waals surface area contributed by atoms with Crippen molar-refractivity contribution in [2.24, 2.45) is 0 Å². The molecule has 11 atom stereocenters. The number of hydrogen-bond acceptors (Lipinski definition) is 14. The highest BCUT2D eigenvalue weighted by Crippen LogP contribution is 2.26. The fraction of sp³-hybridized carbons (Fsp3) is 0.635. The Labute approximate surface area is 462 Å². The molecule has 0 radical (unpaired) electrons. The maximum absolute atomic E-state index is 13.1. The molecule has 0 aromatic heterocycles. The third-order valence-corrected chi connectivity index (χ3v) is 12.7. The first-order valence-electron chi connectivity index (χ1n) is 28.8. The second-order valence-electron chi connectivity index (χ2n) is 19.3. The van der Waals surface area contributed by atoms with Crippen molar-refractivity contribution in [1.29, 1.82) is 0 Å². The molecule has 14 heteroatoms. The molecule has 436 valence electrons. The molecule has 0 aromatic carbocycles. The number of aliphatic hydroxyl groups excluding tert-OH is 7. The van der Waals surface area contributed by atoms with Crippen molar-refractivity contribution in [1.82, 2.24) is 0 Å². The Morgan fingerprint density at radius 3 is 1.25 bits per heavy atom. The number of rotatable bonds is 44. The van der Waals surface area contributed by atoms with Crippen LogP contribution in [-0.4, -0.2) is 142 Å². The van der Waals surface area contributed by atoms with Gasteiger partial charge in [-0.05, 0) is 109 Å². The van der Waals surface area contributed by atoms with Crippen molar-refractivity contribution in [2.75, 3.05) is 33.0 Å². The topological polar surface area (TPSA) is 214 Å². The number of hydrogen-bond donors (Lipinski definition) is 7. The molecular formula is C63H100O14. The number of unbranched alkanes of at least 4 members (excludes halogenated alkanes) is 8. The quantitative estimate of drug-likeness (QED) is 0.0172. The Balaban J connectivity index is 1.75. The monoisotopic (exact) mass is 1080 g/mol. The second-order valence-corrected chi connectivity index (χ2v) is 19.3. The fourth-order valence-corrected chi connectivity index (χ4v) is 8.08. The van der Waals surface area contributed by atoms with Gasteiger partial charge in [0, 0.05) is 13.0 Å². The Morgan fingerprint density at radius 2 is 0.805 bits per heavy atom. The van der Waals surface area contributed by atoms with Crippen LogP contribution in [0.15, 0.2) is 134 Å². The van der Waals surface area contributed by atoms with Gasteiger partial charge in [0.15, 0.2) is 12.6 Å². The van der Waals surface area contributed by atoms with E-state index in [9.17, 15) is 40.5 Å². The fourth-order valence-electron chi connectivity index (χ4n) is 8.08. The summed E-state index contributed by atoms with van der Waals surface area (Å²) in [7, 11) is 0. The highest BCUT2D eigenvalue weighted by Gasteiger charge is 2.47. The van der Waals surface area contributed by atoms with Crippen molar-refractivity contribution in [3.8, 4) is 0 Å². The minimum absolute atomic E-state index is 0.0234. The molecule has 0 amide bonds. The van der Waals surface area contributed by atoms with E-state index in [4.69, 9.17) is 28.4 Å². The minimum atomic E-state index is -1.73. The molecule has 0 saturated carbocycles.